The van der Waals surface area contributed by atoms with Crippen LogP contribution in [0.3, 0.4) is 0 Å². The molecule has 9 nitrogen and oxygen atoms in total. The predicted octanol–water partition coefficient (Wildman–Crippen LogP) is -2.56. The molecule has 0 bridgehead atoms. The van der Waals surface area contributed by atoms with E-state index in [1.54, 1.807) is 11.6 Å². The third kappa shape index (κ3) is 2.80. The number of carbonyl (C=O) groups is 1. The van der Waals surface area contributed by atoms with Gasteiger partial charge in [0.15, 0.2) is 17.0 Å². The molecule has 3 heterocycles. The fourth-order valence-corrected chi connectivity index (χ4v) is 3.08. The van der Waals surface area contributed by atoms with Crippen LogP contribution in [0, 0.1) is 0 Å². The molecule has 0 amide bonds. The van der Waals surface area contributed by atoms with Gasteiger partial charge in [-0.15, -0.1) is 0 Å². The van der Waals surface area contributed by atoms with Crippen LogP contribution >= 0.6 is 0 Å². The molecular formula is C15H22N5O4+. The number of imidazole rings is 1. The van der Waals surface area contributed by atoms with Gasteiger partial charge in [0.05, 0.1) is 19.8 Å². The van der Waals surface area contributed by atoms with Gasteiger partial charge in [0.25, 0.3) is 5.56 Å². The maximum atomic E-state index is 12.6. The van der Waals surface area contributed by atoms with E-state index < -0.39 is 11.2 Å². The molecule has 0 atom stereocenters. The Labute approximate surface area is 138 Å². The van der Waals surface area contributed by atoms with Crippen LogP contribution in [-0.2, 0) is 36.7 Å². The van der Waals surface area contributed by atoms with E-state index >= 15 is 0 Å². The first-order valence-electron chi connectivity index (χ1n) is 7.96. The zero-order chi connectivity index (χ0) is 17.4. The third-order valence-corrected chi connectivity index (χ3v) is 4.42. The highest BCUT2D eigenvalue weighted by Crippen LogP contribution is 2.10. The first-order valence-corrected chi connectivity index (χ1v) is 7.96. The number of nitrogens with zero attached hydrogens (tertiary/aromatic N) is 4. The first kappa shape index (κ1) is 16.6. The van der Waals surface area contributed by atoms with Crippen molar-refractivity contribution in [2.75, 3.05) is 26.3 Å². The molecule has 1 fully saturated rings. The van der Waals surface area contributed by atoms with Crippen LogP contribution in [0.15, 0.2) is 9.59 Å². The summed E-state index contributed by atoms with van der Waals surface area (Å²) < 4.78 is 9.41. The van der Waals surface area contributed by atoms with Crippen molar-refractivity contribution in [1.29, 1.82) is 0 Å². The highest BCUT2D eigenvalue weighted by atomic mass is 16.5. The fraction of sp³-hybridized carbons (Fsp3) is 0.600. The molecule has 2 aromatic rings. The van der Waals surface area contributed by atoms with Gasteiger partial charge in [-0.3, -0.25) is 18.7 Å². The van der Waals surface area contributed by atoms with Crippen molar-refractivity contribution in [3.05, 3.63) is 26.7 Å². The van der Waals surface area contributed by atoms with Gasteiger partial charge < -0.3 is 14.2 Å². The van der Waals surface area contributed by atoms with Crippen molar-refractivity contribution >= 4 is 16.9 Å². The molecule has 1 N–H and O–H groups in total. The summed E-state index contributed by atoms with van der Waals surface area (Å²) in [6, 6.07) is 0. The summed E-state index contributed by atoms with van der Waals surface area (Å²) in [7, 11) is 3.02. The molecular weight excluding hydrogens is 314 g/mol. The monoisotopic (exact) mass is 336 g/mol. The Morgan fingerprint density at radius 2 is 1.88 bits per heavy atom. The zero-order valence-electron chi connectivity index (χ0n) is 14.2. The summed E-state index contributed by atoms with van der Waals surface area (Å²) >= 11 is 0. The van der Waals surface area contributed by atoms with E-state index in [0.29, 0.717) is 36.7 Å². The lowest BCUT2D eigenvalue weighted by molar-refractivity contribution is -0.922. The number of Topliss-reactive ketones (excluding diaryl/α,β-unsaturated/α-hetero) is 1. The smallest absolute Gasteiger partial charge is 0.332 e. The predicted molar refractivity (Wildman–Crippen MR) is 86.1 cm³/mol. The van der Waals surface area contributed by atoms with E-state index in [0.717, 1.165) is 17.7 Å². The lowest BCUT2D eigenvalue weighted by atomic mass is 10.3. The van der Waals surface area contributed by atoms with E-state index in [9.17, 15) is 14.4 Å². The van der Waals surface area contributed by atoms with Gasteiger partial charge in [0.1, 0.15) is 25.4 Å². The van der Waals surface area contributed by atoms with Gasteiger partial charge in [0, 0.05) is 14.1 Å². The van der Waals surface area contributed by atoms with E-state index in [2.05, 4.69) is 4.98 Å². The number of ketones is 1. The molecule has 0 aromatic carbocycles. The number of hydrogen-bond donors (Lipinski definition) is 1. The van der Waals surface area contributed by atoms with Crippen molar-refractivity contribution in [3.8, 4) is 0 Å². The average molecular weight is 336 g/mol. The van der Waals surface area contributed by atoms with Crippen molar-refractivity contribution in [2.24, 2.45) is 14.1 Å². The van der Waals surface area contributed by atoms with Crippen LogP contribution in [-0.4, -0.2) is 50.8 Å². The number of nitrogens with one attached hydrogen (secondary N) is 1. The van der Waals surface area contributed by atoms with Gasteiger partial charge in [-0.05, 0) is 6.92 Å². The maximum absolute atomic E-state index is 12.6. The zero-order valence-corrected chi connectivity index (χ0v) is 14.2. The van der Waals surface area contributed by atoms with E-state index in [1.807, 2.05) is 0 Å². The summed E-state index contributed by atoms with van der Waals surface area (Å²) in [6.45, 7) is 5.20. The SMILES string of the molecule is CC(=O)Cn1c(C[NH+]2CCOCC2)nc2c1c(=O)n(C)c(=O)n2C. The second-order valence-electron chi connectivity index (χ2n) is 6.23. The Bertz CT molecular complexity index is 901. The van der Waals surface area contributed by atoms with Crippen molar-refractivity contribution in [1.82, 2.24) is 18.7 Å². The molecule has 0 unspecified atom stereocenters. The molecule has 3 rings (SSSR count). The van der Waals surface area contributed by atoms with Gasteiger partial charge in [-0.1, -0.05) is 0 Å². The second-order valence-corrected chi connectivity index (χ2v) is 6.23. The quantitative estimate of drug-likeness (QED) is 0.663. The first-order chi connectivity index (χ1) is 11.4. The Morgan fingerprint density at radius 1 is 1.21 bits per heavy atom. The van der Waals surface area contributed by atoms with E-state index in [4.69, 9.17) is 4.74 Å². The number of carbonyl (C=O) groups excluding carboxylic acids is 1. The summed E-state index contributed by atoms with van der Waals surface area (Å²) in [5, 5.41) is 0. The van der Waals surface area contributed by atoms with Crippen LogP contribution in [0.5, 0.6) is 0 Å². The minimum Gasteiger partial charge on any atom is -0.370 e. The molecule has 24 heavy (non-hydrogen) atoms. The van der Waals surface area contributed by atoms with Gasteiger partial charge in [-0.2, -0.15) is 0 Å². The average Bonchev–Trinajstić information content (AvgIpc) is 2.90. The van der Waals surface area contributed by atoms with Gasteiger partial charge in [0.2, 0.25) is 0 Å². The van der Waals surface area contributed by atoms with Crippen molar-refractivity contribution in [2.45, 2.75) is 20.0 Å². The van der Waals surface area contributed by atoms with E-state index in [-0.39, 0.29) is 12.3 Å². The molecule has 130 valence electrons. The highest BCUT2D eigenvalue weighted by molar-refractivity contribution is 5.79. The Balaban J connectivity index is 2.18. The van der Waals surface area contributed by atoms with Crippen LogP contribution in [0.4, 0.5) is 0 Å². The molecule has 1 aliphatic rings. The lowest BCUT2D eigenvalue weighted by Crippen LogP contribution is -3.12. The highest BCUT2D eigenvalue weighted by Gasteiger charge is 2.23. The van der Waals surface area contributed by atoms with Crippen LogP contribution in [0.25, 0.3) is 11.2 Å². The Morgan fingerprint density at radius 3 is 2.50 bits per heavy atom. The molecule has 0 saturated carbocycles. The number of aromatic nitrogens is 4. The number of morpholine rings is 1. The summed E-state index contributed by atoms with van der Waals surface area (Å²) in [5.74, 6) is 0.582. The standard InChI is InChI=1S/C15H21N5O4/c1-10(21)8-20-11(9-19-4-6-24-7-5-19)16-13-12(20)14(22)18(3)15(23)17(13)2/h4-9H2,1-3H3/p+1. The molecule has 0 radical (unpaired) electrons. The number of fused-ring (bicyclic) bond motifs is 1. The normalized spacial score (nSPS) is 16.0. The van der Waals surface area contributed by atoms with Crippen LogP contribution < -0.4 is 16.1 Å². The van der Waals surface area contributed by atoms with Crippen molar-refractivity contribution < 1.29 is 14.4 Å². The minimum absolute atomic E-state index is 0.0663. The fourth-order valence-electron chi connectivity index (χ4n) is 3.08. The molecule has 9 heteroatoms. The molecule has 2 aromatic heterocycles. The number of quaternary nitrogens is 1. The summed E-state index contributed by atoms with van der Waals surface area (Å²) in [5.41, 5.74) is -0.222. The second kappa shape index (κ2) is 6.33. The molecule has 1 saturated heterocycles. The molecule has 0 aliphatic carbocycles. The Hall–Kier alpha value is -2.26. The Kier molecular flexibility index (Phi) is 4.37. The van der Waals surface area contributed by atoms with Crippen LogP contribution in [0.2, 0.25) is 0 Å². The largest absolute Gasteiger partial charge is 0.370 e. The lowest BCUT2D eigenvalue weighted by Gasteiger charge is -2.23. The molecule has 1 aliphatic heterocycles. The van der Waals surface area contributed by atoms with Gasteiger partial charge >= 0.3 is 5.69 Å². The summed E-state index contributed by atoms with van der Waals surface area (Å²) in [4.78, 5) is 42.2. The van der Waals surface area contributed by atoms with Crippen LogP contribution in [0.1, 0.15) is 12.7 Å². The topological polar surface area (TPSA) is 92.6 Å². The number of hydrogen-bond acceptors (Lipinski definition) is 5. The third-order valence-electron chi connectivity index (χ3n) is 4.42. The van der Waals surface area contributed by atoms with Crippen molar-refractivity contribution in [3.63, 3.8) is 0 Å². The summed E-state index contributed by atoms with van der Waals surface area (Å²) in [6.07, 6.45) is 0. The molecule has 0 spiro atoms. The van der Waals surface area contributed by atoms with E-state index in [1.165, 1.54) is 23.4 Å². The minimum atomic E-state index is -0.426. The number of ether oxygens (including phenoxy) is 1. The van der Waals surface area contributed by atoms with Gasteiger partial charge in [-0.25, -0.2) is 9.78 Å². The number of aryl methyl sites for hydroxylation is 1. The number of rotatable bonds is 4. The maximum Gasteiger partial charge on any atom is 0.332 e.